The van der Waals surface area contributed by atoms with E-state index in [4.69, 9.17) is 4.42 Å². The van der Waals surface area contributed by atoms with Crippen molar-refractivity contribution in [2.24, 2.45) is 0 Å². The van der Waals surface area contributed by atoms with Gasteiger partial charge in [0.15, 0.2) is 0 Å². The molecule has 0 spiro atoms. The van der Waals surface area contributed by atoms with E-state index in [1.54, 1.807) is 0 Å². The predicted molar refractivity (Wildman–Crippen MR) is 51.6 cm³/mol. The molecule has 13 heavy (non-hydrogen) atoms. The number of hydrogen-bond acceptors (Lipinski definition) is 5. The molecule has 0 bridgehead atoms. The predicted octanol–water partition coefficient (Wildman–Crippen LogP) is 0.973. The molecule has 1 saturated heterocycles. The fourth-order valence-corrected chi connectivity index (χ4v) is 2.52. The van der Waals surface area contributed by atoms with E-state index < -0.39 is 0 Å². The maximum Gasteiger partial charge on any atom is 0.230 e. The summed E-state index contributed by atoms with van der Waals surface area (Å²) in [7, 11) is 0. The molecule has 0 amide bonds. The van der Waals surface area contributed by atoms with E-state index in [-0.39, 0.29) is 0 Å². The molecule has 5 heteroatoms. The monoisotopic (exact) mass is 199 g/mol. The molecule has 1 unspecified atom stereocenters. The zero-order chi connectivity index (χ0) is 9.10. The van der Waals surface area contributed by atoms with Gasteiger partial charge < -0.3 is 9.73 Å². The topological polar surface area (TPSA) is 51.0 Å². The molecule has 0 aliphatic carbocycles. The van der Waals surface area contributed by atoms with E-state index in [0.29, 0.717) is 24.4 Å². The fourth-order valence-electron chi connectivity index (χ4n) is 1.34. The van der Waals surface area contributed by atoms with Gasteiger partial charge >= 0.3 is 0 Å². The summed E-state index contributed by atoms with van der Waals surface area (Å²) in [6, 6.07) is 0.622. The van der Waals surface area contributed by atoms with Crippen molar-refractivity contribution >= 4 is 11.8 Å². The molecule has 1 aromatic rings. The molecule has 1 aliphatic rings. The molecule has 4 nitrogen and oxygen atoms in total. The van der Waals surface area contributed by atoms with Crippen LogP contribution >= 0.6 is 11.8 Å². The van der Waals surface area contributed by atoms with Gasteiger partial charge in [0.1, 0.15) is 0 Å². The van der Waals surface area contributed by atoms with Crippen LogP contribution < -0.4 is 5.32 Å². The van der Waals surface area contributed by atoms with Crippen LogP contribution in [0.25, 0.3) is 0 Å². The maximum atomic E-state index is 5.25. The highest BCUT2D eigenvalue weighted by Crippen LogP contribution is 2.17. The van der Waals surface area contributed by atoms with Gasteiger partial charge in [-0.2, -0.15) is 11.8 Å². The first-order valence-corrected chi connectivity index (χ1v) is 5.60. The Morgan fingerprint density at radius 1 is 1.62 bits per heavy atom. The standard InChI is InChI=1S/C8H13N3OS/c1-6-10-11-8(12-6)4-9-7-2-3-13-5-7/h7,9H,2-5H2,1H3. The maximum absolute atomic E-state index is 5.25. The molecule has 2 rings (SSSR count). The number of nitrogens with one attached hydrogen (secondary N) is 1. The second-order valence-electron chi connectivity index (χ2n) is 3.16. The van der Waals surface area contributed by atoms with Gasteiger partial charge in [-0.05, 0) is 12.2 Å². The molecule has 0 saturated carbocycles. The minimum Gasteiger partial charge on any atom is -0.424 e. The highest BCUT2D eigenvalue weighted by Gasteiger charge is 2.15. The lowest BCUT2D eigenvalue weighted by Gasteiger charge is -2.07. The Labute approximate surface area is 81.5 Å². The summed E-state index contributed by atoms with van der Waals surface area (Å²) >= 11 is 1.99. The molecule has 1 N–H and O–H groups in total. The van der Waals surface area contributed by atoms with Crippen molar-refractivity contribution in [2.75, 3.05) is 11.5 Å². The second kappa shape index (κ2) is 4.11. The van der Waals surface area contributed by atoms with Gasteiger partial charge in [-0.1, -0.05) is 0 Å². The Hall–Kier alpha value is -0.550. The molecule has 0 aromatic carbocycles. The van der Waals surface area contributed by atoms with Gasteiger partial charge in [0, 0.05) is 18.7 Å². The summed E-state index contributed by atoms with van der Waals surface area (Å²) in [5.74, 6) is 3.79. The minimum atomic E-state index is 0.622. The minimum absolute atomic E-state index is 0.622. The highest BCUT2D eigenvalue weighted by atomic mass is 32.2. The van der Waals surface area contributed by atoms with Gasteiger partial charge in [0.05, 0.1) is 6.54 Å². The van der Waals surface area contributed by atoms with Crippen molar-refractivity contribution in [1.29, 1.82) is 0 Å². The smallest absolute Gasteiger partial charge is 0.230 e. The number of hydrogen-bond donors (Lipinski definition) is 1. The molecule has 1 atom stereocenters. The van der Waals surface area contributed by atoms with Gasteiger partial charge in [0.2, 0.25) is 11.8 Å². The molecule has 2 heterocycles. The highest BCUT2D eigenvalue weighted by molar-refractivity contribution is 7.99. The van der Waals surface area contributed by atoms with E-state index >= 15 is 0 Å². The number of rotatable bonds is 3. The van der Waals surface area contributed by atoms with Crippen LogP contribution in [-0.2, 0) is 6.54 Å². The van der Waals surface area contributed by atoms with Crippen LogP contribution in [0.3, 0.4) is 0 Å². The van der Waals surface area contributed by atoms with Gasteiger partial charge in [0.25, 0.3) is 0 Å². The number of aryl methyl sites for hydroxylation is 1. The largest absolute Gasteiger partial charge is 0.424 e. The van der Waals surface area contributed by atoms with Crippen LogP contribution in [0.15, 0.2) is 4.42 Å². The first-order valence-electron chi connectivity index (χ1n) is 4.45. The third kappa shape index (κ3) is 2.45. The van der Waals surface area contributed by atoms with Crippen LogP contribution in [-0.4, -0.2) is 27.7 Å². The van der Waals surface area contributed by atoms with E-state index in [0.717, 1.165) is 0 Å². The zero-order valence-electron chi connectivity index (χ0n) is 7.62. The van der Waals surface area contributed by atoms with Crippen LogP contribution in [0.1, 0.15) is 18.2 Å². The Balaban J connectivity index is 1.78. The molecule has 1 fully saturated rings. The molecular formula is C8H13N3OS. The van der Waals surface area contributed by atoms with Crippen molar-refractivity contribution in [3.8, 4) is 0 Å². The van der Waals surface area contributed by atoms with Gasteiger partial charge in [-0.15, -0.1) is 10.2 Å². The van der Waals surface area contributed by atoms with E-state index in [9.17, 15) is 0 Å². The fraction of sp³-hybridized carbons (Fsp3) is 0.750. The van der Waals surface area contributed by atoms with Crippen LogP contribution in [0.2, 0.25) is 0 Å². The Morgan fingerprint density at radius 3 is 3.15 bits per heavy atom. The number of aromatic nitrogens is 2. The van der Waals surface area contributed by atoms with Crippen LogP contribution in [0.4, 0.5) is 0 Å². The number of nitrogens with zero attached hydrogens (tertiary/aromatic N) is 2. The second-order valence-corrected chi connectivity index (χ2v) is 4.31. The molecule has 1 aliphatic heterocycles. The normalized spacial score (nSPS) is 22.4. The summed E-state index contributed by atoms with van der Waals surface area (Å²) in [6.45, 7) is 2.51. The van der Waals surface area contributed by atoms with Crippen molar-refractivity contribution < 1.29 is 4.42 Å². The average molecular weight is 199 g/mol. The Kier molecular flexibility index (Phi) is 2.85. The molecule has 72 valence electrons. The van der Waals surface area contributed by atoms with Crippen LogP contribution in [0, 0.1) is 6.92 Å². The van der Waals surface area contributed by atoms with E-state index in [1.165, 1.54) is 17.9 Å². The third-order valence-electron chi connectivity index (χ3n) is 2.04. The number of thioether (sulfide) groups is 1. The average Bonchev–Trinajstić information content (AvgIpc) is 2.71. The third-order valence-corrected chi connectivity index (χ3v) is 3.20. The lowest BCUT2D eigenvalue weighted by molar-refractivity contribution is 0.429. The van der Waals surface area contributed by atoms with Gasteiger partial charge in [-0.25, -0.2) is 0 Å². The first kappa shape index (κ1) is 9.02. The van der Waals surface area contributed by atoms with Crippen molar-refractivity contribution in [3.63, 3.8) is 0 Å². The van der Waals surface area contributed by atoms with E-state index in [2.05, 4.69) is 15.5 Å². The Morgan fingerprint density at radius 2 is 2.54 bits per heavy atom. The molecule has 1 aromatic heterocycles. The van der Waals surface area contributed by atoms with E-state index in [1.807, 2.05) is 18.7 Å². The molecule has 0 radical (unpaired) electrons. The lowest BCUT2D eigenvalue weighted by atomic mass is 10.3. The quantitative estimate of drug-likeness (QED) is 0.786. The van der Waals surface area contributed by atoms with Crippen molar-refractivity contribution in [1.82, 2.24) is 15.5 Å². The summed E-state index contributed by atoms with van der Waals surface area (Å²) in [4.78, 5) is 0. The molecular weight excluding hydrogens is 186 g/mol. The SMILES string of the molecule is Cc1nnc(CNC2CCSC2)o1. The first-order chi connectivity index (χ1) is 6.34. The summed E-state index contributed by atoms with van der Waals surface area (Å²) < 4.78 is 5.25. The van der Waals surface area contributed by atoms with Crippen LogP contribution in [0.5, 0.6) is 0 Å². The van der Waals surface area contributed by atoms with Crippen molar-refractivity contribution in [3.05, 3.63) is 11.8 Å². The Bertz CT molecular complexity index is 270. The van der Waals surface area contributed by atoms with Crippen molar-refractivity contribution in [2.45, 2.75) is 25.9 Å². The lowest BCUT2D eigenvalue weighted by Crippen LogP contribution is -2.28. The summed E-state index contributed by atoms with van der Waals surface area (Å²) in [5, 5.41) is 11.1. The summed E-state index contributed by atoms with van der Waals surface area (Å²) in [5.41, 5.74) is 0. The zero-order valence-corrected chi connectivity index (χ0v) is 8.43. The van der Waals surface area contributed by atoms with Gasteiger partial charge in [-0.3, -0.25) is 0 Å². The summed E-state index contributed by atoms with van der Waals surface area (Å²) in [6.07, 6.45) is 1.25.